The Morgan fingerprint density at radius 1 is 0.276 bits per heavy atom. The highest BCUT2D eigenvalue weighted by Crippen LogP contribution is 2.19. The van der Waals surface area contributed by atoms with Crippen LogP contribution in [0.1, 0.15) is 217 Å². The number of thioether (sulfide) groups is 2. The van der Waals surface area contributed by atoms with Gasteiger partial charge in [-0.2, -0.15) is 23.5 Å². The van der Waals surface area contributed by atoms with Gasteiger partial charge in [-0.15, -0.1) is 0 Å². The molecule has 0 aliphatic rings. The summed E-state index contributed by atoms with van der Waals surface area (Å²) in [7, 11) is 0. The lowest BCUT2D eigenvalue weighted by atomic mass is 9.94. The van der Waals surface area contributed by atoms with Crippen molar-refractivity contribution in [2.75, 3.05) is 76.5 Å². The van der Waals surface area contributed by atoms with Crippen LogP contribution in [0, 0.1) is 29.6 Å². The molecule has 0 aliphatic heterocycles. The normalized spacial score (nSPS) is 15.8. The standard InChI is InChI=1S/C81H154N22O18S2/c1-14-48(8)64(101-63(106)43-87)80(120)96-58(33-40-123-13)73(113)99-62(45-105)78(118)100-61(44-104)77(117)98-60(42-47(6)7)76(116)95-57(32-39-122-12)72(112)92-53(28-18-23-35-83)69(109)91-55(30-20-25-37-85)71(111)97-59(41-46(4)5)75(115)94-54(29-19-24-36-84)70(110)93-56(31-21-26-38-86)74(114)102-66(50(10)16-3)81(121)103-65(49(9)15-2)79(119)89-51(11)68(108)90-52(67(88)107)27-17-22-34-82/h46-62,64-66,104-105H,14-45,82-87H2,1-13H3,(H2,88,107)(H,89,119)(H,90,108)(H,91,109)(H,92,112)(H,93,110)(H,94,115)(H,95,116)(H,96,120)(H,97,111)(H,98,117)(H,99,113)(H,100,118)(H,101,106)(H,102,114)(H,103,121)/t48-,49-,50-,51-,52-,53-,54-,55-,56-,57-,58-,59-,60-,61-,62-,64-,65-,66-/m1/s1. The molecule has 0 radical (unpaired) electrons. The molecule has 40 nitrogen and oxygen atoms in total. The minimum absolute atomic E-state index is 0.00776. The van der Waals surface area contributed by atoms with Gasteiger partial charge in [0.1, 0.15) is 90.6 Å². The average Bonchev–Trinajstić information content (AvgIpc) is 0.841. The van der Waals surface area contributed by atoms with E-state index in [9.17, 15) is 86.9 Å². The molecule has 0 bridgehead atoms. The Morgan fingerprint density at radius 3 is 0.780 bits per heavy atom. The molecule has 0 heterocycles. The van der Waals surface area contributed by atoms with Crippen LogP contribution in [0.2, 0.25) is 0 Å². The summed E-state index contributed by atoms with van der Waals surface area (Å²) in [6, 6.07) is -20.0. The molecule has 123 heavy (non-hydrogen) atoms. The number of nitrogens with one attached hydrogen (secondary N) is 15. The van der Waals surface area contributed by atoms with Crippen LogP contribution in [0.4, 0.5) is 0 Å². The molecule has 0 aliphatic carbocycles. The van der Waals surface area contributed by atoms with E-state index in [0.29, 0.717) is 102 Å². The predicted molar refractivity (Wildman–Crippen MR) is 475 cm³/mol. The first-order chi connectivity index (χ1) is 58.3. The van der Waals surface area contributed by atoms with Crippen molar-refractivity contribution in [3.8, 4) is 0 Å². The van der Waals surface area contributed by atoms with E-state index in [1.807, 2.05) is 0 Å². The Bertz CT molecular complexity index is 3250. The van der Waals surface area contributed by atoms with E-state index in [1.165, 1.54) is 30.4 Å². The fourth-order valence-electron chi connectivity index (χ4n) is 12.8. The second-order valence-electron chi connectivity index (χ2n) is 32.3. The van der Waals surface area contributed by atoms with Gasteiger partial charge in [-0.25, -0.2) is 0 Å². The summed E-state index contributed by atoms with van der Waals surface area (Å²) in [5, 5.41) is 60.7. The van der Waals surface area contributed by atoms with Crippen molar-refractivity contribution in [2.45, 2.75) is 308 Å². The van der Waals surface area contributed by atoms with Crippen LogP contribution in [-0.2, 0) is 76.7 Å². The third-order valence-corrected chi connectivity index (χ3v) is 22.3. The Hall–Kier alpha value is -8.10. The van der Waals surface area contributed by atoms with Gasteiger partial charge in [0.05, 0.1) is 19.8 Å². The zero-order chi connectivity index (χ0) is 93.4. The molecule has 0 aromatic carbocycles. The number of carbonyl (C=O) groups is 16. The molecule has 0 aromatic rings. The maximum Gasteiger partial charge on any atom is 0.245 e. The highest BCUT2D eigenvalue weighted by molar-refractivity contribution is 7.98. The molecule has 42 heteroatoms. The minimum Gasteiger partial charge on any atom is -0.394 e. The zero-order valence-corrected chi connectivity index (χ0v) is 76.6. The summed E-state index contributed by atoms with van der Waals surface area (Å²) in [5.41, 5.74) is 40.3. The first kappa shape index (κ1) is 115. The van der Waals surface area contributed by atoms with Gasteiger partial charge in [0.2, 0.25) is 94.5 Å². The topological polar surface area (TPSA) is 676 Å². The van der Waals surface area contributed by atoms with E-state index in [-0.39, 0.29) is 102 Å². The van der Waals surface area contributed by atoms with Crippen LogP contribution in [0.3, 0.4) is 0 Å². The van der Waals surface area contributed by atoms with Gasteiger partial charge in [0.25, 0.3) is 0 Å². The molecule has 0 saturated heterocycles. The molecular formula is C81H154N22O18S2. The van der Waals surface area contributed by atoms with E-state index in [0.717, 1.165) is 0 Å². The minimum atomic E-state index is -1.78. The van der Waals surface area contributed by atoms with Crippen LogP contribution < -0.4 is 120 Å². The summed E-state index contributed by atoms with van der Waals surface area (Å²) < 4.78 is 0. The van der Waals surface area contributed by atoms with Crippen molar-refractivity contribution in [2.24, 2.45) is 69.7 Å². The lowest BCUT2D eigenvalue weighted by Crippen LogP contribution is -2.62. The van der Waals surface area contributed by atoms with Gasteiger partial charge >= 0.3 is 0 Å². The zero-order valence-electron chi connectivity index (χ0n) is 75.0. The van der Waals surface area contributed by atoms with E-state index in [4.69, 9.17) is 40.1 Å². The van der Waals surface area contributed by atoms with E-state index in [1.54, 1.807) is 81.7 Å². The molecule has 0 rings (SSSR count). The van der Waals surface area contributed by atoms with Crippen molar-refractivity contribution in [1.82, 2.24) is 79.8 Å². The van der Waals surface area contributed by atoms with Crippen molar-refractivity contribution in [1.29, 1.82) is 0 Å². The van der Waals surface area contributed by atoms with E-state index >= 15 is 0 Å². The largest absolute Gasteiger partial charge is 0.394 e. The second-order valence-corrected chi connectivity index (χ2v) is 34.3. The maximum atomic E-state index is 14.8. The summed E-state index contributed by atoms with van der Waals surface area (Å²) in [4.78, 5) is 224. The molecule has 31 N–H and O–H groups in total. The third kappa shape index (κ3) is 45.6. The van der Waals surface area contributed by atoms with Gasteiger partial charge in [-0.1, -0.05) is 88.5 Å². The number of nitrogens with two attached hydrogens (primary N) is 7. The number of carbonyl (C=O) groups excluding carboxylic acids is 16. The summed E-state index contributed by atoms with van der Waals surface area (Å²) in [6.45, 7) is 17.8. The number of aliphatic hydroxyl groups excluding tert-OH is 2. The summed E-state index contributed by atoms with van der Waals surface area (Å²) in [5.74, 6) is -14.3. The molecular weight excluding hydrogens is 1630 g/mol. The molecule has 708 valence electrons. The highest BCUT2D eigenvalue weighted by atomic mass is 32.2. The maximum absolute atomic E-state index is 14.8. The monoisotopic (exact) mass is 1790 g/mol. The Morgan fingerprint density at radius 2 is 0.504 bits per heavy atom. The number of amides is 16. The van der Waals surface area contributed by atoms with E-state index in [2.05, 4.69) is 79.8 Å². The van der Waals surface area contributed by atoms with Crippen molar-refractivity contribution < 1.29 is 86.9 Å². The molecule has 0 unspecified atom stereocenters. The molecule has 0 aromatic heterocycles. The Labute approximate surface area is 735 Å². The lowest BCUT2D eigenvalue weighted by Gasteiger charge is -2.31. The lowest BCUT2D eigenvalue weighted by molar-refractivity contribution is -0.137. The predicted octanol–water partition coefficient (Wildman–Crippen LogP) is -3.91. The van der Waals surface area contributed by atoms with E-state index < -0.39 is 217 Å². The molecule has 16 amide bonds. The highest BCUT2D eigenvalue weighted by Gasteiger charge is 2.40. The van der Waals surface area contributed by atoms with Crippen molar-refractivity contribution in [3.63, 3.8) is 0 Å². The average molecular weight is 1790 g/mol. The van der Waals surface area contributed by atoms with Crippen LogP contribution in [0.25, 0.3) is 0 Å². The fraction of sp³-hybridized carbons (Fsp3) is 0.802. The summed E-state index contributed by atoms with van der Waals surface area (Å²) in [6.07, 6.45) is 8.99. The first-order valence-corrected chi connectivity index (χ1v) is 46.4. The fourth-order valence-corrected chi connectivity index (χ4v) is 13.8. The van der Waals surface area contributed by atoms with Crippen LogP contribution >= 0.6 is 23.5 Å². The first-order valence-electron chi connectivity index (χ1n) is 43.6. The molecule has 0 saturated carbocycles. The smallest absolute Gasteiger partial charge is 0.245 e. The number of hydrogen-bond acceptors (Lipinski definition) is 26. The summed E-state index contributed by atoms with van der Waals surface area (Å²) >= 11 is 2.69. The Kier molecular flexibility index (Phi) is 61.2. The van der Waals surface area contributed by atoms with Crippen LogP contribution in [0.15, 0.2) is 0 Å². The third-order valence-electron chi connectivity index (χ3n) is 21.1. The van der Waals surface area contributed by atoms with Crippen LogP contribution in [-0.4, -0.2) is 272 Å². The number of primary amides is 1. The quantitative estimate of drug-likeness (QED) is 0.0259. The van der Waals surface area contributed by atoms with Crippen molar-refractivity contribution >= 4 is 118 Å². The van der Waals surface area contributed by atoms with Gasteiger partial charge < -0.3 is 130 Å². The SMILES string of the molecule is CC[C@@H](C)[C@@H](NC(=O)CN)C(=O)N[C@H](CCSC)C(=O)N[C@H](CO)C(=O)N[C@H](CO)C(=O)N[C@H](CC(C)C)C(=O)N[C@H](CCSC)C(=O)N[C@H](CCCCN)C(=O)N[C@H](CCCCN)C(=O)N[C@H](CC(C)C)C(=O)N[C@H](CCCCN)C(=O)N[C@H](CCCCN)C(=O)N[C@@H](C(=O)N[C@@H](C(=O)N[C@H](C)C(=O)N[C@H](CCCCN)C(N)=O)[C@H](C)CC)[C@H](C)CC. The van der Waals surface area contributed by atoms with Crippen molar-refractivity contribution in [3.05, 3.63) is 0 Å². The number of aliphatic hydroxyl groups is 2. The number of rotatable bonds is 69. The number of hydrogen-bond donors (Lipinski definition) is 24. The Balaban J connectivity index is 7.23. The second kappa shape index (κ2) is 65.5. The number of unbranched alkanes of at least 4 members (excludes halogenated alkanes) is 5. The van der Waals surface area contributed by atoms with Gasteiger partial charge in [-0.05, 0) is 215 Å². The van der Waals surface area contributed by atoms with Gasteiger partial charge in [0, 0.05) is 0 Å². The molecule has 0 fully saturated rings. The van der Waals surface area contributed by atoms with Gasteiger partial charge in [0.15, 0.2) is 0 Å². The van der Waals surface area contributed by atoms with Gasteiger partial charge in [-0.3, -0.25) is 76.7 Å². The molecule has 18 atom stereocenters. The molecule has 0 spiro atoms. The van der Waals surface area contributed by atoms with Crippen LogP contribution in [0.5, 0.6) is 0 Å².